The lowest BCUT2D eigenvalue weighted by Crippen LogP contribution is -2.29. The highest BCUT2D eigenvalue weighted by atomic mass is 16.4. The van der Waals surface area contributed by atoms with Crippen LogP contribution in [-0.2, 0) is 6.54 Å². The normalized spacial score (nSPS) is 10.5. The second-order valence-corrected chi connectivity index (χ2v) is 3.07. The van der Waals surface area contributed by atoms with E-state index in [2.05, 4.69) is 10.4 Å². The minimum atomic E-state index is -0.954. The quantitative estimate of drug-likeness (QED) is 0.678. The average molecular weight is 195 g/mol. The first kappa shape index (κ1) is 10.6. The number of pyridine rings is 1. The number of carbonyl (C=O) groups is 1. The van der Waals surface area contributed by atoms with Gasteiger partial charge in [-0.15, -0.1) is 0 Å². The Kier molecular flexibility index (Phi) is 3.55. The number of rotatable bonds is 4. The van der Waals surface area contributed by atoms with Crippen LogP contribution in [0.4, 0.5) is 0 Å². The predicted octanol–water partition coefficient (Wildman–Crippen LogP) is 0.346. The molecule has 0 aliphatic rings. The molecule has 0 amide bonds. The third-order valence-electron chi connectivity index (χ3n) is 1.65. The number of carboxylic acid groups (broad SMARTS) is 1. The maximum Gasteiger partial charge on any atom is 0.337 e. The van der Waals surface area contributed by atoms with Gasteiger partial charge in [0.1, 0.15) is 0 Å². The van der Waals surface area contributed by atoms with Crippen LogP contribution in [0.15, 0.2) is 18.3 Å². The van der Waals surface area contributed by atoms with Gasteiger partial charge in [0.2, 0.25) is 0 Å². The maximum absolute atomic E-state index is 10.5. The standard InChI is InChI=1S/C9H13N3O2/c1-12(2)11-6-8-4-3-7(5-10-8)9(13)14/h3-5,11H,6H2,1-2H3,(H,13,14). The van der Waals surface area contributed by atoms with E-state index in [-0.39, 0.29) is 5.56 Å². The summed E-state index contributed by atoms with van der Waals surface area (Å²) in [5, 5.41) is 10.4. The van der Waals surface area contributed by atoms with Gasteiger partial charge in [-0.2, -0.15) is 0 Å². The van der Waals surface area contributed by atoms with Crippen molar-refractivity contribution in [1.82, 2.24) is 15.4 Å². The molecular weight excluding hydrogens is 182 g/mol. The van der Waals surface area contributed by atoms with Crippen molar-refractivity contribution in [3.8, 4) is 0 Å². The van der Waals surface area contributed by atoms with Crippen molar-refractivity contribution in [2.75, 3.05) is 14.1 Å². The number of aromatic nitrogens is 1. The molecule has 0 spiro atoms. The fraction of sp³-hybridized carbons (Fsp3) is 0.333. The fourth-order valence-corrected chi connectivity index (χ4v) is 0.895. The van der Waals surface area contributed by atoms with Crippen LogP contribution in [0.5, 0.6) is 0 Å². The molecule has 0 radical (unpaired) electrons. The van der Waals surface area contributed by atoms with E-state index in [0.29, 0.717) is 6.54 Å². The van der Waals surface area contributed by atoms with Gasteiger partial charge in [0.05, 0.1) is 17.8 Å². The molecule has 0 saturated heterocycles. The van der Waals surface area contributed by atoms with Crippen LogP contribution in [0.2, 0.25) is 0 Å². The van der Waals surface area contributed by atoms with Crippen molar-refractivity contribution < 1.29 is 9.90 Å². The number of hydrogen-bond donors (Lipinski definition) is 2. The Morgan fingerprint density at radius 3 is 2.71 bits per heavy atom. The van der Waals surface area contributed by atoms with Crippen molar-refractivity contribution in [2.45, 2.75) is 6.54 Å². The van der Waals surface area contributed by atoms with E-state index in [1.54, 1.807) is 12.1 Å². The summed E-state index contributed by atoms with van der Waals surface area (Å²) >= 11 is 0. The highest BCUT2D eigenvalue weighted by Gasteiger charge is 2.02. The number of carboxylic acids is 1. The number of hydrazine groups is 1. The van der Waals surface area contributed by atoms with Gasteiger partial charge in [0.15, 0.2) is 0 Å². The van der Waals surface area contributed by atoms with Crippen LogP contribution in [0.25, 0.3) is 0 Å². The van der Waals surface area contributed by atoms with Crippen LogP contribution >= 0.6 is 0 Å². The topological polar surface area (TPSA) is 65.5 Å². The molecule has 0 fully saturated rings. The Morgan fingerprint density at radius 2 is 2.29 bits per heavy atom. The fourth-order valence-electron chi connectivity index (χ4n) is 0.895. The van der Waals surface area contributed by atoms with E-state index in [1.165, 1.54) is 6.20 Å². The van der Waals surface area contributed by atoms with Crippen molar-refractivity contribution in [3.63, 3.8) is 0 Å². The zero-order valence-electron chi connectivity index (χ0n) is 8.19. The van der Waals surface area contributed by atoms with Crippen LogP contribution in [-0.4, -0.2) is 35.2 Å². The first-order valence-electron chi connectivity index (χ1n) is 4.18. The third kappa shape index (κ3) is 3.12. The molecule has 2 N–H and O–H groups in total. The Morgan fingerprint density at radius 1 is 1.57 bits per heavy atom. The molecule has 1 heterocycles. The summed E-state index contributed by atoms with van der Waals surface area (Å²) in [6.45, 7) is 0.590. The minimum Gasteiger partial charge on any atom is -0.478 e. The Balaban J connectivity index is 2.60. The van der Waals surface area contributed by atoms with E-state index in [0.717, 1.165) is 5.69 Å². The SMILES string of the molecule is CN(C)NCc1ccc(C(=O)O)cn1. The molecular formula is C9H13N3O2. The van der Waals surface area contributed by atoms with Crippen molar-refractivity contribution in [2.24, 2.45) is 0 Å². The number of nitrogens with one attached hydrogen (secondary N) is 1. The molecule has 0 unspecified atom stereocenters. The summed E-state index contributed by atoms with van der Waals surface area (Å²) in [4.78, 5) is 14.5. The summed E-state index contributed by atoms with van der Waals surface area (Å²) < 4.78 is 0. The van der Waals surface area contributed by atoms with Crippen LogP contribution in [0.1, 0.15) is 16.1 Å². The monoisotopic (exact) mass is 195 g/mol. The highest BCUT2D eigenvalue weighted by molar-refractivity contribution is 5.87. The van der Waals surface area contributed by atoms with Gasteiger partial charge in [0, 0.05) is 20.3 Å². The van der Waals surface area contributed by atoms with Crippen LogP contribution in [0.3, 0.4) is 0 Å². The second kappa shape index (κ2) is 4.69. The summed E-state index contributed by atoms with van der Waals surface area (Å²) in [7, 11) is 3.76. The summed E-state index contributed by atoms with van der Waals surface area (Å²) in [6, 6.07) is 3.24. The molecule has 5 heteroatoms. The average Bonchev–Trinajstić information content (AvgIpc) is 2.15. The molecule has 0 aliphatic heterocycles. The van der Waals surface area contributed by atoms with Crippen LogP contribution in [0, 0.1) is 0 Å². The molecule has 5 nitrogen and oxygen atoms in total. The molecule has 76 valence electrons. The van der Waals surface area contributed by atoms with E-state index in [1.807, 2.05) is 19.1 Å². The number of aromatic carboxylic acids is 1. The van der Waals surface area contributed by atoms with Gasteiger partial charge in [-0.25, -0.2) is 10.2 Å². The third-order valence-corrected chi connectivity index (χ3v) is 1.65. The zero-order valence-corrected chi connectivity index (χ0v) is 8.19. The lowest BCUT2D eigenvalue weighted by Gasteiger charge is -2.10. The number of hydrogen-bond acceptors (Lipinski definition) is 4. The van der Waals surface area contributed by atoms with E-state index in [4.69, 9.17) is 5.11 Å². The molecule has 0 bridgehead atoms. The Labute approximate surface area is 82.3 Å². The van der Waals surface area contributed by atoms with E-state index in [9.17, 15) is 4.79 Å². The van der Waals surface area contributed by atoms with Gasteiger partial charge in [0.25, 0.3) is 0 Å². The van der Waals surface area contributed by atoms with Crippen molar-refractivity contribution >= 4 is 5.97 Å². The predicted molar refractivity (Wildman–Crippen MR) is 51.7 cm³/mol. The highest BCUT2D eigenvalue weighted by Crippen LogP contribution is 1.99. The molecule has 0 aromatic carbocycles. The Hall–Kier alpha value is -1.46. The van der Waals surface area contributed by atoms with Crippen molar-refractivity contribution in [3.05, 3.63) is 29.6 Å². The smallest absolute Gasteiger partial charge is 0.337 e. The molecule has 0 saturated carbocycles. The zero-order chi connectivity index (χ0) is 10.6. The van der Waals surface area contributed by atoms with Gasteiger partial charge in [-0.3, -0.25) is 9.99 Å². The largest absolute Gasteiger partial charge is 0.478 e. The Bertz CT molecular complexity index is 308. The molecule has 14 heavy (non-hydrogen) atoms. The van der Waals surface area contributed by atoms with E-state index < -0.39 is 5.97 Å². The van der Waals surface area contributed by atoms with Crippen LogP contribution < -0.4 is 5.43 Å². The summed E-state index contributed by atoms with van der Waals surface area (Å²) in [6.07, 6.45) is 1.36. The lowest BCUT2D eigenvalue weighted by atomic mass is 10.2. The van der Waals surface area contributed by atoms with Gasteiger partial charge >= 0.3 is 5.97 Å². The molecule has 0 atom stereocenters. The first-order chi connectivity index (χ1) is 6.59. The van der Waals surface area contributed by atoms with Crippen molar-refractivity contribution in [1.29, 1.82) is 0 Å². The molecule has 1 aromatic heterocycles. The van der Waals surface area contributed by atoms with Gasteiger partial charge in [-0.1, -0.05) is 0 Å². The second-order valence-electron chi connectivity index (χ2n) is 3.07. The first-order valence-corrected chi connectivity index (χ1v) is 4.18. The van der Waals surface area contributed by atoms with E-state index >= 15 is 0 Å². The number of nitrogens with zero attached hydrogens (tertiary/aromatic N) is 2. The summed E-state index contributed by atoms with van der Waals surface area (Å²) in [5.74, 6) is -0.954. The maximum atomic E-state index is 10.5. The van der Waals surface area contributed by atoms with Gasteiger partial charge < -0.3 is 5.11 Å². The lowest BCUT2D eigenvalue weighted by molar-refractivity contribution is 0.0696. The minimum absolute atomic E-state index is 0.207. The molecule has 1 aromatic rings. The molecule has 1 rings (SSSR count). The van der Waals surface area contributed by atoms with Gasteiger partial charge in [-0.05, 0) is 12.1 Å². The molecule has 0 aliphatic carbocycles. The summed E-state index contributed by atoms with van der Waals surface area (Å²) in [5.41, 5.74) is 4.05.